The van der Waals surface area contributed by atoms with Gasteiger partial charge in [0.1, 0.15) is 6.04 Å². The zero-order valence-corrected chi connectivity index (χ0v) is 13.6. The molecule has 10 heteroatoms. The second-order valence-corrected chi connectivity index (χ2v) is 7.41. The number of alkyl halides is 3. The summed E-state index contributed by atoms with van der Waals surface area (Å²) in [5.74, 6) is -0.992. The molecule has 1 aliphatic rings. The summed E-state index contributed by atoms with van der Waals surface area (Å²) in [6.45, 7) is 2.17. The summed E-state index contributed by atoms with van der Waals surface area (Å²) in [5.41, 5.74) is -0.915. The van der Waals surface area contributed by atoms with Gasteiger partial charge in [0.25, 0.3) is 0 Å². The molecule has 1 heterocycles. The van der Waals surface area contributed by atoms with Crippen LogP contribution in [-0.2, 0) is 21.0 Å². The molecule has 0 bridgehead atoms. The van der Waals surface area contributed by atoms with Gasteiger partial charge in [0.05, 0.1) is 10.5 Å². The van der Waals surface area contributed by atoms with Crippen LogP contribution in [0.2, 0.25) is 0 Å². The highest BCUT2D eigenvalue weighted by atomic mass is 32.2. The van der Waals surface area contributed by atoms with E-state index < -0.39 is 33.8 Å². The average molecular weight is 366 g/mol. The molecule has 1 aliphatic heterocycles. The number of piperazine rings is 1. The maximum atomic E-state index is 12.5. The summed E-state index contributed by atoms with van der Waals surface area (Å²) < 4.78 is 63.7. The highest BCUT2D eigenvalue weighted by Crippen LogP contribution is 2.30. The normalized spacial score (nSPS) is 19.2. The van der Waals surface area contributed by atoms with Crippen LogP contribution in [0.25, 0.3) is 0 Å². The van der Waals surface area contributed by atoms with Crippen LogP contribution in [0.1, 0.15) is 12.5 Å². The van der Waals surface area contributed by atoms with Gasteiger partial charge in [0.2, 0.25) is 10.0 Å². The van der Waals surface area contributed by atoms with Crippen LogP contribution < -0.4 is 0 Å². The molecule has 0 aromatic heterocycles. The molecule has 0 spiro atoms. The topological polar surface area (TPSA) is 77.9 Å². The fraction of sp³-hybridized carbons (Fsp3) is 0.500. The molecule has 1 N–H and O–H groups in total. The largest absolute Gasteiger partial charge is 0.480 e. The lowest BCUT2D eigenvalue weighted by Gasteiger charge is -2.35. The first kappa shape index (κ1) is 18.7. The number of nitrogens with zero attached hydrogens (tertiary/aromatic N) is 2. The maximum Gasteiger partial charge on any atom is 0.416 e. The van der Waals surface area contributed by atoms with Gasteiger partial charge in [-0.25, -0.2) is 8.42 Å². The molecular formula is C14H17F3N2O4S. The van der Waals surface area contributed by atoms with E-state index in [2.05, 4.69) is 0 Å². The lowest BCUT2D eigenvalue weighted by molar-refractivity contribution is -0.143. The highest BCUT2D eigenvalue weighted by molar-refractivity contribution is 7.89. The molecule has 2 rings (SSSR count). The summed E-state index contributed by atoms with van der Waals surface area (Å²) in [4.78, 5) is 12.4. The Morgan fingerprint density at radius 1 is 1.12 bits per heavy atom. The van der Waals surface area contributed by atoms with Crippen molar-refractivity contribution in [3.05, 3.63) is 29.8 Å². The summed E-state index contributed by atoms with van der Waals surface area (Å²) in [6, 6.07) is 2.61. The standard InChI is InChI=1S/C14H17F3N2O4S/c1-10(13(20)21)18-6-8-19(9-7-18)24(22,23)12-4-2-11(3-5-12)14(15,16)17/h2-5,10H,6-9H2,1H3,(H,20,21). The number of hydrogen-bond donors (Lipinski definition) is 1. The Kier molecular flexibility index (Phi) is 5.21. The Morgan fingerprint density at radius 3 is 2.04 bits per heavy atom. The predicted octanol–water partition coefficient (Wildman–Crippen LogP) is 1.48. The van der Waals surface area contributed by atoms with Gasteiger partial charge in [-0.1, -0.05) is 0 Å². The first-order chi connectivity index (χ1) is 11.0. The Morgan fingerprint density at radius 2 is 1.62 bits per heavy atom. The average Bonchev–Trinajstić information content (AvgIpc) is 2.53. The molecule has 1 atom stereocenters. The number of halogens is 3. The summed E-state index contributed by atoms with van der Waals surface area (Å²) in [7, 11) is -3.90. The number of carboxylic acids is 1. The zero-order chi connectivity index (χ0) is 18.1. The van der Waals surface area contributed by atoms with Gasteiger partial charge in [-0.15, -0.1) is 0 Å². The fourth-order valence-corrected chi connectivity index (χ4v) is 3.87. The number of carboxylic acid groups (broad SMARTS) is 1. The van der Waals surface area contributed by atoms with Crippen molar-refractivity contribution in [3.8, 4) is 0 Å². The van der Waals surface area contributed by atoms with Gasteiger partial charge in [-0.3, -0.25) is 9.69 Å². The van der Waals surface area contributed by atoms with Crippen molar-refractivity contribution < 1.29 is 31.5 Å². The van der Waals surface area contributed by atoms with E-state index in [1.54, 1.807) is 4.90 Å². The Bertz CT molecular complexity index is 696. The van der Waals surface area contributed by atoms with Crippen molar-refractivity contribution in [2.24, 2.45) is 0 Å². The van der Waals surface area contributed by atoms with Crippen LogP contribution in [0, 0.1) is 0 Å². The van der Waals surface area contributed by atoms with E-state index in [1.165, 1.54) is 6.92 Å². The third-order valence-corrected chi connectivity index (χ3v) is 5.91. The third kappa shape index (κ3) is 3.87. The van der Waals surface area contributed by atoms with E-state index in [4.69, 9.17) is 5.11 Å². The number of aliphatic carboxylic acids is 1. The van der Waals surface area contributed by atoms with Crippen molar-refractivity contribution in [1.29, 1.82) is 0 Å². The zero-order valence-electron chi connectivity index (χ0n) is 12.8. The lowest BCUT2D eigenvalue weighted by Crippen LogP contribution is -2.53. The molecule has 1 saturated heterocycles. The van der Waals surface area contributed by atoms with Crippen LogP contribution >= 0.6 is 0 Å². The predicted molar refractivity (Wildman–Crippen MR) is 78.9 cm³/mol. The molecule has 1 aromatic carbocycles. The molecule has 1 unspecified atom stereocenters. The summed E-state index contributed by atoms with van der Waals surface area (Å²) >= 11 is 0. The SMILES string of the molecule is CC(C(=O)O)N1CCN(S(=O)(=O)c2ccc(C(F)(F)F)cc2)CC1. The minimum absolute atomic E-state index is 0.0843. The maximum absolute atomic E-state index is 12.5. The first-order valence-electron chi connectivity index (χ1n) is 7.18. The molecule has 0 aliphatic carbocycles. The molecule has 6 nitrogen and oxygen atoms in total. The number of benzene rings is 1. The van der Waals surface area contributed by atoms with Crippen molar-refractivity contribution in [1.82, 2.24) is 9.21 Å². The monoisotopic (exact) mass is 366 g/mol. The number of rotatable bonds is 4. The molecule has 0 radical (unpaired) electrons. The van der Waals surface area contributed by atoms with E-state index in [-0.39, 0.29) is 31.1 Å². The van der Waals surface area contributed by atoms with E-state index in [0.29, 0.717) is 0 Å². The van der Waals surface area contributed by atoms with Gasteiger partial charge in [0.15, 0.2) is 0 Å². The minimum atomic E-state index is -4.53. The second kappa shape index (κ2) is 6.69. The highest BCUT2D eigenvalue weighted by Gasteiger charge is 2.33. The van der Waals surface area contributed by atoms with Gasteiger partial charge >= 0.3 is 12.1 Å². The van der Waals surface area contributed by atoms with Gasteiger partial charge < -0.3 is 5.11 Å². The number of hydrogen-bond acceptors (Lipinski definition) is 4. The first-order valence-corrected chi connectivity index (χ1v) is 8.62. The lowest BCUT2D eigenvalue weighted by atomic mass is 10.2. The minimum Gasteiger partial charge on any atom is -0.480 e. The molecule has 1 aromatic rings. The van der Waals surface area contributed by atoms with Crippen LogP contribution in [0.15, 0.2) is 29.2 Å². The van der Waals surface area contributed by atoms with Crippen molar-refractivity contribution in [2.45, 2.75) is 24.0 Å². The molecular weight excluding hydrogens is 349 g/mol. The van der Waals surface area contributed by atoms with Gasteiger partial charge in [0, 0.05) is 26.2 Å². The van der Waals surface area contributed by atoms with Crippen LogP contribution in [0.3, 0.4) is 0 Å². The molecule has 0 amide bonds. The van der Waals surface area contributed by atoms with E-state index >= 15 is 0 Å². The van der Waals surface area contributed by atoms with Crippen LogP contribution in [0.5, 0.6) is 0 Å². The molecule has 134 valence electrons. The molecule has 24 heavy (non-hydrogen) atoms. The third-order valence-electron chi connectivity index (χ3n) is 4.00. The Hall–Kier alpha value is -1.65. The fourth-order valence-electron chi connectivity index (χ4n) is 2.45. The van der Waals surface area contributed by atoms with E-state index in [9.17, 15) is 26.4 Å². The van der Waals surface area contributed by atoms with Crippen molar-refractivity contribution in [3.63, 3.8) is 0 Å². The number of carbonyl (C=O) groups is 1. The van der Waals surface area contributed by atoms with Crippen LogP contribution in [-0.4, -0.2) is 60.9 Å². The summed E-state index contributed by atoms with van der Waals surface area (Å²) in [5, 5.41) is 8.96. The second-order valence-electron chi connectivity index (χ2n) is 5.48. The quantitative estimate of drug-likeness (QED) is 0.874. The Balaban J connectivity index is 2.11. The van der Waals surface area contributed by atoms with Crippen molar-refractivity contribution in [2.75, 3.05) is 26.2 Å². The Labute approximate surface area is 137 Å². The van der Waals surface area contributed by atoms with Gasteiger partial charge in [-0.2, -0.15) is 17.5 Å². The number of sulfonamides is 1. The van der Waals surface area contributed by atoms with E-state index in [1.807, 2.05) is 0 Å². The van der Waals surface area contributed by atoms with Gasteiger partial charge in [-0.05, 0) is 31.2 Å². The molecule has 0 saturated carbocycles. The van der Waals surface area contributed by atoms with Crippen molar-refractivity contribution >= 4 is 16.0 Å². The van der Waals surface area contributed by atoms with E-state index in [0.717, 1.165) is 28.6 Å². The smallest absolute Gasteiger partial charge is 0.416 e. The summed E-state index contributed by atoms with van der Waals surface area (Å²) in [6.07, 6.45) is -4.53. The van der Waals surface area contributed by atoms with Crippen LogP contribution in [0.4, 0.5) is 13.2 Å². The molecule has 1 fully saturated rings.